The molecule has 338 valence electrons. The molecule has 0 heterocycles. The van der Waals surface area contributed by atoms with Crippen molar-refractivity contribution in [3.63, 3.8) is 0 Å². The number of aliphatic hydroxyl groups excluding tert-OH is 1. The Balaban J connectivity index is 1.07. The molecule has 12 aromatic rings. The predicted octanol–water partition coefficient (Wildman–Crippen LogP) is 13.4. The average molecular weight is 903 g/mol. The summed E-state index contributed by atoms with van der Waals surface area (Å²) in [5.41, 5.74) is -5.02. The Morgan fingerprint density at radius 2 is 0.609 bits per heavy atom. The third kappa shape index (κ3) is 5.92. The Morgan fingerprint density at radius 3 is 0.884 bits per heavy atom. The number of rotatable bonds is 14. The van der Waals surface area contributed by atoms with Crippen LogP contribution in [0.25, 0.3) is 97.0 Å². The lowest BCUT2D eigenvalue weighted by molar-refractivity contribution is -0.196. The van der Waals surface area contributed by atoms with E-state index in [4.69, 9.17) is 0 Å². The van der Waals surface area contributed by atoms with Crippen LogP contribution in [0.15, 0.2) is 164 Å². The van der Waals surface area contributed by atoms with Gasteiger partial charge < -0.3 is 15.3 Å². The number of Topliss-reactive ketones (excluding diaryl/α,β-unsaturated/α-hetero) is 3. The zero-order valence-corrected chi connectivity index (χ0v) is 38.7. The third-order valence-corrected chi connectivity index (χ3v) is 15.9. The molecule has 0 radical (unpaired) electrons. The summed E-state index contributed by atoms with van der Waals surface area (Å²) in [4.78, 5) is 48.2. The van der Waals surface area contributed by atoms with Crippen molar-refractivity contribution < 1.29 is 29.7 Å². The minimum absolute atomic E-state index is 0.121. The molecule has 12 rings (SSSR count). The lowest BCUT2D eigenvalue weighted by Crippen LogP contribution is -2.71. The van der Waals surface area contributed by atoms with Gasteiger partial charge in [0.2, 0.25) is 5.60 Å². The van der Waals surface area contributed by atoms with Gasteiger partial charge in [-0.05, 0) is 133 Å². The molecule has 4 unspecified atom stereocenters. The monoisotopic (exact) mass is 902 g/mol. The van der Waals surface area contributed by atoms with Crippen LogP contribution in [0.2, 0.25) is 0 Å². The van der Waals surface area contributed by atoms with Crippen LogP contribution < -0.4 is 0 Å². The van der Waals surface area contributed by atoms with E-state index in [1.54, 1.807) is 6.92 Å². The number of carbonyl (C=O) groups excluding carboxylic acids is 3. The topological polar surface area (TPSA) is 112 Å². The first-order chi connectivity index (χ1) is 33.6. The molecule has 0 saturated carbocycles. The third-order valence-electron chi connectivity index (χ3n) is 15.9. The van der Waals surface area contributed by atoms with Crippen LogP contribution in [-0.4, -0.2) is 50.5 Å². The van der Waals surface area contributed by atoms with E-state index in [1.165, 1.54) is 0 Å². The maximum atomic E-state index is 16.2. The Labute approximate surface area is 398 Å². The van der Waals surface area contributed by atoms with Gasteiger partial charge in [0.1, 0.15) is 0 Å². The number of aliphatic hydroxyl groups is 3. The van der Waals surface area contributed by atoms with Crippen LogP contribution in [0, 0.1) is 0 Å². The van der Waals surface area contributed by atoms with Crippen molar-refractivity contribution in [2.24, 2.45) is 0 Å². The van der Waals surface area contributed by atoms with E-state index in [2.05, 4.69) is 42.5 Å². The van der Waals surface area contributed by atoms with Crippen LogP contribution in [0.5, 0.6) is 0 Å². The summed E-state index contributed by atoms with van der Waals surface area (Å²) in [7, 11) is 0. The van der Waals surface area contributed by atoms with E-state index in [1.807, 2.05) is 135 Å². The smallest absolute Gasteiger partial charge is 0.221 e. The van der Waals surface area contributed by atoms with E-state index in [9.17, 15) is 15.3 Å². The predicted molar refractivity (Wildman–Crippen MR) is 282 cm³/mol. The lowest BCUT2D eigenvalue weighted by atomic mass is 9.63. The highest BCUT2D eigenvalue weighted by Crippen LogP contribution is 2.48. The van der Waals surface area contributed by atoms with Crippen molar-refractivity contribution in [3.05, 3.63) is 180 Å². The zero-order chi connectivity index (χ0) is 47.5. The van der Waals surface area contributed by atoms with Crippen molar-refractivity contribution >= 4 is 114 Å². The molecule has 4 atom stereocenters. The summed E-state index contributed by atoms with van der Waals surface area (Å²) in [5, 5.41) is 56.4. The largest absolute Gasteiger partial charge is 0.393 e. The Kier molecular flexibility index (Phi) is 9.88. The zero-order valence-electron chi connectivity index (χ0n) is 38.7. The van der Waals surface area contributed by atoms with Gasteiger partial charge in [0, 0.05) is 17.8 Å². The van der Waals surface area contributed by atoms with E-state index in [-0.39, 0.29) is 19.3 Å². The van der Waals surface area contributed by atoms with Gasteiger partial charge in [-0.1, -0.05) is 185 Å². The normalized spacial score (nSPS) is 15.6. The van der Waals surface area contributed by atoms with Crippen molar-refractivity contribution in [3.8, 4) is 0 Å². The molecule has 0 aliphatic heterocycles. The summed E-state index contributed by atoms with van der Waals surface area (Å²) in [5.74, 6) is -6.55. The summed E-state index contributed by atoms with van der Waals surface area (Å²) in [6.45, 7) is 4.04. The van der Waals surface area contributed by atoms with Gasteiger partial charge >= 0.3 is 0 Å². The molecule has 0 spiro atoms. The first-order valence-electron chi connectivity index (χ1n) is 24.2. The highest BCUT2D eigenvalue weighted by Gasteiger charge is 2.66. The molecule has 0 aliphatic rings. The Bertz CT molecular complexity index is 3820. The number of carbonyl (C=O) groups is 3. The van der Waals surface area contributed by atoms with Crippen molar-refractivity contribution in [1.29, 1.82) is 0 Å². The second-order valence-corrected chi connectivity index (χ2v) is 19.2. The highest BCUT2D eigenvalue weighted by atomic mass is 16.4. The lowest BCUT2D eigenvalue weighted by Gasteiger charge is -2.43. The molecule has 12 aromatic carbocycles. The molecule has 6 heteroatoms. The second-order valence-electron chi connectivity index (χ2n) is 19.2. The highest BCUT2D eigenvalue weighted by molar-refractivity contribution is 6.28. The summed E-state index contributed by atoms with van der Waals surface area (Å²) >= 11 is 0. The van der Waals surface area contributed by atoms with Gasteiger partial charge in [0.25, 0.3) is 0 Å². The fourth-order valence-corrected chi connectivity index (χ4v) is 12.5. The fraction of sp³-hybridized carbons (Fsp3) is 0.190. The quantitative estimate of drug-likeness (QED) is 0.0740. The van der Waals surface area contributed by atoms with Crippen LogP contribution in [0.4, 0.5) is 0 Å². The van der Waals surface area contributed by atoms with E-state index < -0.39 is 52.9 Å². The summed E-state index contributed by atoms with van der Waals surface area (Å²) in [6.07, 6.45) is 0.383. The maximum Gasteiger partial charge on any atom is 0.221 e. The Morgan fingerprint density at radius 1 is 0.362 bits per heavy atom. The molecule has 6 nitrogen and oxygen atoms in total. The number of hydrogen-bond donors (Lipinski definition) is 3. The summed E-state index contributed by atoms with van der Waals surface area (Å²) in [6, 6.07) is 54.1. The van der Waals surface area contributed by atoms with Gasteiger partial charge in [-0.2, -0.15) is 0 Å². The molecular formula is C63H50O6. The van der Waals surface area contributed by atoms with Crippen molar-refractivity contribution in [2.75, 3.05) is 6.61 Å². The van der Waals surface area contributed by atoms with Crippen molar-refractivity contribution in [2.45, 2.75) is 69.0 Å². The Hall–Kier alpha value is -7.35. The van der Waals surface area contributed by atoms with Gasteiger partial charge in [-0.25, -0.2) is 0 Å². The number of benzene rings is 12. The number of hydrogen-bond acceptors (Lipinski definition) is 6. The molecule has 0 aliphatic carbocycles. The molecule has 69 heavy (non-hydrogen) atoms. The minimum Gasteiger partial charge on any atom is -0.393 e. The molecular weight excluding hydrogens is 853 g/mol. The van der Waals surface area contributed by atoms with E-state index >= 15 is 14.4 Å². The first kappa shape index (κ1) is 43.0. The van der Waals surface area contributed by atoms with E-state index in [0.29, 0.717) is 16.7 Å². The molecule has 0 amide bonds. The van der Waals surface area contributed by atoms with Crippen molar-refractivity contribution in [1.82, 2.24) is 0 Å². The molecule has 0 bridgehead atoms. The molecule has 3 N–H and O–H groups in total. The van der Waals surface area contributed by atoms with Gasteiger partial charge in [-0.15, -0.1) is 0 Å². The minimum atomic E-state index is -3.43. The molecule has 0 saturated heterocycles. The van der Waals surface area contributed by atoms with Crippen LogP contribution >= 0.6 is 0 Å². The maximum absolute atomic E-state index is 16.2. The molecule has 0 fully saturated rings. The SMILES string of the molecule is CCC(C(=O)C(O)(CO)C(O)(C(=O)C(CC)c1ccc2ccc3cccc4ccc1c2c34)C(=O)C(CC)c1ccc2ccc3cccc4ccc1c2c34)c1ccc2ccc3cccc4ccc1c2c34. The summed E-state index contributed by atoms with van der Waals surface area (Å²) < 4.78 is 0. The van der Waals surface area contributed by atoms with Crippen LogP contribution in [-0.2, 0) is 14.4 Å². The first-order valence-corrected chi connectivity index (χ1v) is 24.2. The van der Waals surface area contributed by atoms with Gasteiger partial charge in [0.05, 0.1) is 6.61 Å². The van der Waals surface area contributed by atoms with Crippen LogP contribution in [0.3, 0.4) is 0 Å². The standard InChI is InChI=1S/C63H50O6/c1-4-44(47-28-22-41-19-16-35-10-7-13-38-25-31-50(47)56(41)53(35)38)59(65)62(68,34-64)63(69,60(66)45(5-2)48-29-23-42-20-17-36-11-8-14-39-26-32-51(48)57(42)54(36)39)61(67)46(6-3)49-30-24-43-21-18-37-12-9-15-40-27-33-52(49)58(43)55(37)40/h7-33,44-46,64,68-69H,4-6,34H2,1-3H3. The fourth-order valence-electron chi connectivity index (χ4n) is 12.5. The average Bonchev–Trinajstić information content (AvgIpc) is 3.39. The van der Waals surface area contributed by atoms with Gasteiger partial charge in [-0.3, -0.25) is 14.4 Å². The van der Waals surface area contributed by atoms with Gasteiger partial charge in [0.15, 0.2) is 23.0 Å². The number of ketones is 3. The molecule has 0 aromatic heterocycles. The second kappa shape index (κ2) is 15.9. The van der Waals surface area contributed by atoms with E-state index in [0.717, 1.165) is 97.0 Å². The van der Waals surface area contributed by atoms with Crippen LogP contribution in [0.1, 0.15) is 74.5 Å².